The van der Waals surface area contributed by atoms with Gasteiger partial charge in [0.1, 0.15) is 6.10 Å². The second-order valence-corrected chi connectivity index (χ2v) is 4.08. The lowest BCUT2D eigenvalue weighted by atomic mass is 9.88. The van der Waals surface area contributed by atoms with Gasteiger partial charge in [0.25, 0.3) is 0 Å². The fourth-order valence-electron chi connectivity index (χ4n) is 1.59. The number of hydrogen-bond donors (Lipinski definition) is 3. The van der Waals surface area contributed by atoms with Crippen molar-refractivity contribution in [2.75, 3.05) is 0 Å². The Hall–Kier alpha value is -0.160. The highest BCUT2D eigenvalue weighted by Crippen LogP contribution is 2.27. The largest absolute Gasteiger partial charge is 0.390 e. The lowest BCUT2D eigenvalue weighted by Gasteiger charge is -2.41. The molecular weight excluding hydrogens is 172 g/mol. The Balaban J connectivity index is 2.70. The molecule has 1 heterocycles. The standard InChI is InChI=1S/C9H18O4/c1-4(2)8-7(11)6(10)5(3)9(12)13-8/h4-12H,1-3H3/t5-,6-,7+,8-,9?/m1/s1. The predicted octanol–water partition coefficient (Wildman–Crippen LogP) is -0.282. The third-order valence-electron chi connectivity index (χ3n) is 2.63. The summed E-state index contributed by atoms with van der Waals surface area (Å²) in [7, 11) is 0. The fraction of sp³-hybridized carbons (Fsp3) is 1.00. The lowest BCUT2D eigenvalue weighted by molar-refractivity contribution is -0.269. The summed E-state index contributed by atoms with van der Waals surface area (Å²) in [5.74, 6) is -0.364. The van der Waals surface area contributed by atoms with E-state index >= 15 is 0 Å². The van der Waals surface area contributed by atoms with Crippen molar-refractivity contribution >= 4 is 0 Å². The molecule has 0 aromatic carbocycles. The molecule has 0 bridgehead atoms. The van der Waals surface area contributed by atoms with Crippen LogP contribution in [0.3, 0.4) is 0 Å². The quantitative estimate of drug-likeness (QED) is 0.532. The monoisotopic (exact) mass is 190 g/mol. The fourth-order valence-corrected chi connectivity index (χ4v) is 1.59. The Morgan fingerprint density at radius 2 is 1.62 bits per heavy atom. The zero-order valence-corrected chi connectivity index (χ0v) is 8.21. The topological polar surface area (TPSA) is 69.9 Å². The first-order chi connectivity index (χ1) is 5.95. The van der Waals surface area contributed by atoms with Gasteiger partial charge in [0, 0.05) is 5.92 Å². The Labute approximate surface area is 78.1 Å². The van der Waals surface area contributed by atoms with Gasteiger partial charge in [-0.2, -0.15) is 0 Å². The van der Waals surface area contributed by atoms with Crippen LogP contribution in [0.25, 0.3) is 0 Å². The molecule has 4 nitrogen and oxygen atoms in total. The highest BCUT2D eigenvalue weighted by Gasteiger charge is 2.42. The SMILES string of the molecule is CC(C)[C@H]1OC(O)[C@H](C)[C@@H](O)[C@@H]1O. The first kappa shape index (κ1) is 10.9. The van der Waals surface area contributed by atoms with Gasteiger partial charge in [-0.15, -0.1) is 0 Å². The average molecular weight is 190 g/mol. The van der Waals surface area contributed by atoms with Crippen LogP contribution < -0.4 is 0 Å². The molecule has 13 heavy (non-hydrogen) atoms. The van der Waals surface area contributed by atoms with Crippen molar-refractivity contribution in [2.24, 2.45) is 11.8 Å². The van der Waals surface area contributed by atoms with E-state index in [4.69, 9.17) is 4.74 Å². The summed E-state index contributed by atoms with van der Waals surface area (Å²) < 4.78 is 5.19. The maximum absolute atomic E-state index is 9.61. The van der Waals surface area contributed by atoms with Crippen molar-refractivity contribution < 1.29 is 20.1 Å². The van der Waals surface area contributed by atoms with Crippen LogP contribution in [0.4, 0.5) is 0 Å². The maximum atomic E-state index is 9.61. The van der Waals surface area contributed by atoms with Crippen LogP contribution in [0.2, 0.25) is 0 Å². The van der Waals surface area contributed by atoms with Gasteiger partial charge < -0.3 is 20.1 Å². The molecule has 1 rings (SSSR count). The number of aliphatic hydroxyl groups excluding tert-OH is 3. The Kier molecular flexibility index (Phi) is 3.29. The molecule has 0 spiro atoms. The molecule has 0 aliphatic carbocycles. The summed E-state index contributed by atoms with van der Waals surface area (Å²) in [5.41, 5.74) is 0. The van der Waals surface area contributed by atoms with Gasteiger partial charge in [0.15, 0.2) is 6.29 Å². The number of ether oxygens (including phenoxy) is 1. The smallest absolute Gasteiger partial charge is 0.160 e. The minimum absolute atomic E-state index is 0.0757. The van der Waals surface area contributed by atoms with E-state index in [-0.39, 0.29) is 5.92 Å². The third kappa shape index (κ3) is 2.02. The molecule has 1 aliphatic rings. The van der Waals surface area contributed by atoms with E-state index in [0.29, 0.717) is 0 Å². The van der Waals surface area contributed by atoms with E-state index in [2.05, 4.69) is 0 Å². The second-order valence-electron chi connectivity index (χ2n) is 4.08. The van der Waals surface area contributed by atoms with Gasteiger partial charge >= 0.3 is 0 Å². The van der Waals surface area contributed by atoms with Crippen LogP contribution in [0.1, 0.15) is 20.8 Å². The molecule has 0 saturated carbocycles. The second kappa shape index (κ2) is 3.92. The van der Waals surface area contributed by atoms with Crippen molar-refractivity contribution in [3.8, 4) is 0 Å². The maximum Gasteiger partial charge on any atom is 0.160 e. The molecular formula is C9H18O4. The predicted molar refractivity (Wildman–Crippen MR) is 46.9 cm³/mol. The van der Waals surface area contributed by atoms with Crippen molar-refractivity contribution in [1.29, 1.82) is 0 Å². The van der Waals surface area contributed by atoms with Gasteiger partial charge in [-0.1, -0.05) is 20.8 Å². The summed E-state index contributed by atoms with van der Waals surface area (Å²) in [6.45, 7) is 5.40. The van der Waals surface area contributed by atoms with Crippen molar-refractivity contribution in [1.82, 2.24) is 0 Å². The molecule has 3 N–H and O–H groups in total. The van der Waals surface area contributed by atoms with E-state index in [1.54, 1.807) is 6.92 Å². The lowest BCUT2D eigenvalue weighted by Crippen LogP contribution is -2.55. The van der Waals surface area contributed by atoms with E-state index < -0.39 is 30.5 Å². The number of rotatable bonds is 1. The first-order valence-corrected chi connectivity index (χ1v) is 4.64. The van der Waals surface area contributed by atoms with E-state index in [0.717, 1.165) is 0 Å². The van der Waals surface area contributed by atoms with Gasteiger partial charge in [-0.3, -0.25) is 0 Å². The highest BCUT2D eigenvalue weighted by atomic mass is 16.6. The van der Waals surface area contributed by atoms with Crippen LogP contribution in [0, 0.1) is 11.8 Å². The van der Waals surface area contributed by atoms with Crippen LogP contribution in [-0.4, -0.2) is 39.9 Å². The molecule has 1 unspecified atom stereocenters. The summed E-state index contributed by atoms with van der Waals surface area (Å²) in [6.07, 6.45) is -3.28. The molecule has 1 aliphatic heterocycles. The normalized spacial score (nSPS) is 46.8. The summed E-state index contributed by atoms with van der Waals surface area (Å²) >= 11 is 0. The van der Waals surface area contributed by atoms with Crippen molar-refractivity contribution in [2.45, 2.75) is 45.4 Å². The van der Waals surface area contributed by atoms with Crippen LogP contribution >= 0.6 is 0 Å². The van der Waals surface area contributed by atoms with Gasteiger partial charge in [-0.25, -0.2) is 0 Å². The van der Waals surface area contributed by atoms with Crippen LogP contribution in [0.5, 0.6) is 0 Å². The third-order valence-corrected chi connectivity index (χ3v) is 2.63. The Morgan fingerprint density at radius 1 is 1.08 bits per heavy atom. The molecule has 0 aromatic rings. The molecule has 1 saturated heterocycles. The zero-order valence-electron chi connectivity index (χ0n) is 8.21. The summed E-state index contributed by atoms with van der Waals surface area (Å²) in [4.78, 5) is 0. The highest BCUT2D eigenvalue weighted by molar-refractivity contribution is 4.87. The van der Waals surface area contributed by atoms with Crippen molar-refractivity contribution in [3.63, 3.8) is 0 Å². The van der Waals surface area contributed by atoms with E-state index in [9.17, 15) is 15.3 Å². The Bertz CT molecular complexity index is 171. The number of hydrogen-bond acceptors (Lipinski definition) is 4. The number of aliphatic hydroxyl groups is 3. The molecule has 0 radical (unpaired) electrons. The molecule has 1 fully saturated rings. The first-order valence-electron chi connectivity index (χ1n) is 4.64. The van der Waals surface area contributed by atoms with E-state index in [1.807, 2.05) is 13.8 Å². The van der Waals surface area contributed by atoms with Crippen molar-refractivity contribution in [3.05, 3.63) is 0 Å². The summed E-state index contributed by atoms with van der Waals surface area (Å²) in [5, 5.41) is 28.5. The van der Waals surface area contributed by atoms with Gasteiger partial charge in [0.05, 0.1) is 12.2 Å². The average Bonchev–Trinajstić information content (AvgIpc) is 2.07. The molecule has 0 amide bonds. The Morgan fingerprint density at radius 3 is 2.08 bits per heavy atom. The molecule has 5 atom stereocenters. The molecule has 4 heteroatoms. The van der Waals surface area contributed by atoms with E-state index in [1.165, 1.54) is 0 Å². The van der Waals surface area contributed by atoms with Gasteiger partial charge in [-0.05, 0) is 5.92 Å². The molecule has 0 aromatic heterocycles. The molecule has 78 valence electrons. The minimum atomic E-state index is -0.981. The minimum Gasteiger partial charge on any atom is -0.390 e. The summed E-state index contributed by atoms with van der Waals surface area (Å²) in [6, 6.07) is 0. The zero-order chi connectivity index (χ0) is 10.2. The van der Waals surface area contributed by atoms with Crippen LogP contribution in [-0.2, 0) is 4.74 Å². The van der Waals surface area contributed by atoms with Gasteiger partial charge in [0.2, 0.25) is 0 Å². The van der Waals surface area contributed by atoms with Crippen LogP contribution in [0.15, 0.2) is 0 Å².